The molecule has 28 heavy (non-hydrogen) atoms. The Morgan fingerprint density at radius 3 is 1.39 bits per heavy atom. The first-order valence-corrected chi connectivity index (χ1v) is 9.33. The van der Waals surface area contributed by atoms with Crippen molar-refractivity contribution in [3.8, 4) is 0 Å². The fourth-order valence-electron chi connectivity index (χ4n) is 2.87. The molecule has 0 spiro atoms. The summed E-state index contributed by atoms with van der Waals surface area (Å²) in [7, 11) is 7.47. The summed E-state index contributed by atoms with van der Waals surface area (Å²) in [5, 5.41) is 0. The number of nitrogens with two attached hydrogens (primary N) is 2. The van der Waals surface area contributed by atoms with Crippen molar-refractivity contribution in [3.63, 3.8) is 0 Å². The van der Waals surface area contributed by atoms with E-state index in [4.69, 9.17) is 11.5 Å². The Labute approximate surface area is 166 Å². The maximum atomic E-state index is 5.88. The predicted molar refractivity (Wildman–Crippen MR) is 111 cm³/mol. The normalized spacial score (nSPS) is 11.3. The van der Waals surface area contributed by atoms with E-state index in [0.29, 0.717) is 42.7 Å². The van der Waals surface area contributed by atoms with E-state index >= 15 is 0 Å². The van der Waals surface area contributed by atoms with Gasteiger partial charge in [0.05, 0.1) is 13.1 Å². The third-order valence-electron chi connectivity index (χ3n) is 4.32. The second-order valence-electron chi connectivity index (χ2n) is 6.98. The molecule has 154 valence electrons. The monoisotopic (exact) mass is 389 g/mol. The molecule has 0 bridgehead atoms. The zero-order valence-electron chi connectivity index (χ0n) is 17.6. The van der Waals surface area contributed by atoms with Gasteiger partial charge in [0, 0.05) is 34.2 Å². The number of nitrogens with zero attached hydrogens (tertiary/aromatic N) is 9. The zero-order valence-corrected chi connectivity index (χ0v) is 17.6. The molecule has 0 unspecified atom stereocenters. The van der Waals surface area contributed by atoms with Gasteiger partial charge >= 0.3 is 0 Å². The van der Waals surface area contributed by atoms with Gasteiger partial charge in [0.1, 0.15) is 11.6 Å². The second kappa shape index (κ2) is 9.40. The zero-order chi connectivity index (χ0) is 20.8. The van der Waals surface area contributed by atoms with Gasteiger partial charge in [-0.15, -0.1) is 0 Å². The highest BCUT2D eigenvalue weighted by molar-refractivity contribution is 5.33. The van der Waals surface area contributed by atoms with Crippen molar-refractivity contribution in [1.82, 2.24) is 34.8 Å². The molecular formula is C17H31N11. The van der Waals surface area contributed by atoms with Crippen LogP contribution >= 0.6 is 0 Å². The Balaban J connectivity index is 2.34. The van der Waals surface area contributed by atoms with E-state index in [-0.39, 0.29) is 11.9 Å². The van der Waals surface area contributed by atoms with Gasteiger partial charge < -0.3 is 21.3 Å². The molecule has 2 aromatic heterocycles. The minimum absolute atomic E-state index is 0.206. The average Bonchev–Trinajstić information content (AvgIpc) is 2.61. The van der Waals surface area contributed by atoms with Crippen LogP contribution in [0.4, 0.5) is 23.8 Å². The van der Waals surface area contributed by atoms with Crippen molar-refractivity contribution in [2.45, 2.75) is 45.8 Å². The van der Waals surface area contributed by atoms with Crippen molar-refractivity contribution in [2.24, 2.45) is 0 Å². The van der Waals surface area contributed by atoms with E-state index < -0.39 is 0 Å². The predicted octanol–water partition coefficient (Wildman–Crippen LogP) is 0.544. The van der Waals surface area contributed by atoms with Gasteiger partial charge in [-0.1, -0.05) is 13.8 Å². The fourth-order valence-corrected chi connectivity index (χ4v) is 2.87. The van der Waals surface area contributed by atoms with E-state index in [2.05, 4.69) is 48.7 Å². The number of aromatic nitrogens is 6. The number of hydrogen-bond acceptors (Lipinski definition) is 11. The standard InChI is InChI=1S/C17H31N11/c1-7-11(8-2)28(9-12-20-14(18)24-16(22-12)26(3)4)10-13-21-15(19)25-17(23-13)27(5)6/h11H,7-10H2,1-6H3,(H2,18,20,22,24)(H2,19,21,23,25). The topological polar surface area (TPSA) is 139 Å². The van der Waals surface area contributed by atoms with Gasteiger partial charge in [0.2, 0.25) is 23.8 Å². The number of anilines is 4. The molecule has 0 aliphatic rings. The van der Waals surface area contributed by atoms with Gasteiger partial charge in [-0.2, -0.15) is 29.9 Å². The molecule has 0 aliphatic carbocycles. The van der Waals surface area contributed by atoms with Gasteiger partial charge in [-0.25, -0.2) is 0 Å². The third-order valence-corrected chi connectivity index (χ3v) is 4.32. The van der Waals surface area contributed by atoms with E-state index in [0.717, 1.165) is 12.8 Å². The SMILES string of the molecule is CCC(CC)N(Cc1nc(N)nc(N(C)C)n1)Cc1nc(N)nc(N(C)C)n1. The van der Waals surface area contributed by atoms with Crippen molar-refractivity contribution in [3.05, 3.63) is 11.6 Å². The van der Waals surface area contributed by atoms with Crippen LogP contribution in [0.2, 0.25) is 0 Å². The Kier molecular flexibility index (Phi) is 7.21. The second-order valence-corrected chi connectivity index (χ2v) is 6.98. The first kappa shape index (κ1) is 21.5. The maximum absolute atomic E-state index is 5.88. The molecule has 2 heterocycles. The van der Waals surface area contributed by atoms with Crippen LogP contribution in [0.5, 0.6) is 0 Å². The lowest BCUT2D eigenvalue weighted by Crippen LogP contribution is -2.35. The molecule has 0 amide bonds. The molecule has 0 radical (unpaired) electrons. The Hall–Kier alpha value is -2.82. The lowest BCUT2D eigenvalue weighted by atomic mass is 10.1. The largest absolute Gasteiger partial charge is 0.368 e. The molecule has 0 fully saturated rings. The summed E-state index contributed by atoms with van der Waals surface area (Å²) in [6, 6.07) is 0.307. The van der Waals surface area contributed by atoms with Crippen LogP contribution in [-0.2, 0) is 13.1 Å². The van der Waals surface area contributed by atoms with Crippen molar-refractivity contribution >= 4 is 23.8 Å². The summed E-state index contributed by atoms with van der Waals surface area (Å²) >= 11 is 0. The molecule has 0 saturated heterocycles. The van der Waals surface area contributed by atoms with E-state index in [1.54, 1.807) is 9.80 Å². The minimum atomic E-state index is 0.206. The van der Waals surface area contributed by atoms with Crippen LogP contribution in [0.1, 0.15) is 38.3 Å². The number of rotatable bonds is 9. The summed E-state index contributed by atoms with van der Waals surface area (Å²) in [4.78, 5) is 31.8. The van der Waals surface area contributed by atoms with Gasteiger partial charge in [0.15, 0.2) is 0 Å². The Morgan fingerprint density at radius 2 is 1.07 bits per heavy atom. The maximum Gasteiger partial charge on any atom is 0.229 e. The van der Waals surface area contributed by atoms with Crippen LogP contribution in [0.15, 0.2) is 0 Å². The average molecular weight is 390 g/mol. The smallest absolute Gasteiger partial charge is 0.229 e. The van der Waals surface area contributed by atoms with Crippen LogP contribution < -0.4 is 21.3 Å². The van der Waals surface area contributed by atoms with Crippen LogP contribution in [0.25, 0.3) is 0 Å². The van der Waals surface area contributed by atoms with Crippen LogP contribution in [-0.4, -0.2) is 69.0 Å². The van der Waals surface area contributed by atoms with Crippen LogP contribution in [0.3, 0.4) is 0 Å². The molecule has 2 aromatic rings. The summed E-state index contributed by atoms with van der Waals surface area (Å²) in [6.07, 6.45) is 1.94. The highest BCUT2D eigenvalue weighted by Gasteiger charge is 2.20. The summed E-state index contributed by atoms with van der Waals surface area (Å²) in [6.45, 7) is 5.31. The molecule has 0 aliphatic heterocycles. The molecule has 4 N–H and O–H groups in total. The third kappa shape index (κ3) is 5.59. The van der Waals surface area contributed by atoms with E-state index in [1.165, 1.54) is 0 Å². The van der Waals surface area contributed by atoms with Gasteiger partial charge in [-0.3, -0.25) is 4.90 Å². The first-order chi connectivity index (χ1) is 13.2. The molecule has 11 heteroatoms. The Bertz CT molecular complexity index is 714. The summed E-state index contributed by atoms with van der Waals surface area (Å²) in [5.74, 6) is 2.70. The van der Waals surface area contributed by atoms with Gasteiger partial charge in [0.25, 0.3) is 0 Å². The molecule has 0 atom stereocenters. The van der Waals surface area contributed by atoms with Crippen molar-refractivity contribution in [2.75, 3.05) is 49.5 Å². The number of hydrogen-bond donors (Lipinski definition) is 2. The molecule has 2 rings (SSSR count). The summed E-state index contributed by atoms with van der Waals surface area (Å²) in [5.41, 5.74) is 11.8. The molecule has 0 saturated carbocycles. The highest BCUT2D eigenvalue weighted by atomic mass is 15.3. The van der Waals surface area contributed by atoms with Crippen LogP contribution in [0, 0.1) is 0 Å². The lowest BCUT2D eigenvalue weighted by molar-refractivity contribution is 0.159. The van der Waals surface area contributed by atoms with Crippen molar-refractivity contribution in [1.29, 1.82) is 0 Å². The van der Waals surface area contributed by atoms with E-state index in [1.807, 2.05) is 28.2 Å². The molecule has 0 aromatic carbocycles. The highest BCUT2D eigenvalue weighted by Crippen LogP contribution is 2.17. The minimum Gasteiger partial charge on any atom is -0.368 e. The molecule has 11 nitrogen and oxygen atoms in total. The van der Waals surface area contributed by atoms with E-state index in [9.17, 15) is 0 Å². The van der Waals surface area contributed by atoms with Crippen molar-refractivity contribution < 1.29 is 0 Å². The fraction of sp³-hybridized carbons (Fsp3) is 0.647. The van der Waals surface area contributed by atoms with Gasteiger partial charge in [-0.05, 0) is 12.8 Å². The first-order valence-electron chi connectivity index (χ1n) is 9.33. The Morgan fingerprint density at radius 1 is 0.679 bits per heavy atom. The number of nitrogen functional groups attached to an aromatic ring is 2. The lowest BCUT2D eigenvalue weighted by Gasteiger charge is -2.29. The quantitative estimate of drug-likeness (QED) is 0.621. The summed E-state index contributed by atoms with van der Waals surface area (Å²) < 4.78 is 0. The molecular weight excluding hydrogens is 358 g/mol.